The SMILES string of the molecule is CCCNCCN1C(=O)c2cccc([N+](=O)[O-])c2C1=O. The van der Waals surface area contributed by atoms with Gasteiger partial charge in [-0.25, -0.2) is 0 Å². The number of carbonyl (C=O) groups is 2. The summed E-state index contributed by atoms with van der Waals surface area (Å²) in [5.74, 6) is -1.05. The minimum Gasteiger partial charge on any atom is -0.315 e. The third-order valence-corrected chi connectivity index (χ3v) is 3.11. The van der Waals surface area contributed by atoms with E-state index in [0.29, 0.717) is 6.54 Å². The lowest BCUT2D eigenvalue weighted by Crippen LogP contribution is -2.36. The van der Waals surface area contributed by atoms with E-state index in [-0.39, 0.29) is 23.4 Å². The van der Waals surface area contributed by atoms with Crippen LogP contribution < -0.4 is 5.32 Å². The molecule has 0 atom stereocenters. The maximum atomic E-state index is 12.2. The van der Waals surface area contributed by atoms with Gasteiger partial charge < -0.3 is 5.32 Å². The summed E-state index contributed by atoms with van der Waals surface area (Å²) in [6, 6.07) is 4.10. The Hall–Kier alpha value is -2.28. The Labute approximate surface area is 115 Å². The van der Waals surface area contributed by atoms with Gasteiger partial charge >= 0.3 is 0 Å². The fourth-order valence-electron chi connectivity index (χ4n) is 2.16. The Morgan fingerprint density at radius 2 is 2.00 bits per heavy atom. The average Bonchev–Trinajstić information content (AvgIpc) is 2.68. The number of benzene rings is 1. The fourth-order valence-corrected chi connectivity index (χ4v) is 2.16. The highest BCUT2D eigenvalue weighted by atomic mass is 16.6. The number of nitro benzene ring substituents is 1. The van der Waals surface area contributed by atoms with Gasteiger partial charge in [0.2, 0.25) is 0 Å². The first kappa shape index (κ1) is 14.1. The summed E-state index contributed by atoms with van der Waals surface area (Å²) in [6.45, 7) is 3.50. The highest BCUT2D eigenvalue weighted by Gasteiger charge is 2.40. The molecule has 0 fully saturated rings. The lowest BCUT2D eigenvalue weighted by molar-refractivity contribution is -0.385. The molecule has 1 heterocycles. The van der Waals surface area contributed by atoms with Gasteiger partial charge in [0.25, 0.3) is 17.5 Å². The largest absolute Gasteiger partial charge is 0.315 e. The van der Waals surface area contributed by atoms with Crippen LogP contribution in [0.15, 0.2) is 18.2 Å². The Bertz CT molecular complexity index is 571. The second-order valence-corrected chi connectivity index (χ2v) is 4.47. The number of rotatable bonds is 6. The predicted octanol–water partition coefficient (Wildman–Crippen LogP) is 1.19. The van der Waals surface area contributed by atoms with Crippen molar-refractivity contribution >= 4 is 17.5 Å². The molecule has 7 heteroatoms. The predicted molar refractivity (Wildman–Crippen MR) is 71.6 cm³/mol. The molecule has 106 valence electrons. The van der Waals surface area contributed by atoms with Gasteiger partial charge in [0.1, 0.15) is 5.56 Å². The van der Waals surface area contributed by atoms with E-state index in [4.69, 9.17) is 0 Å². The molecule has 1 aromatic rings. The maximum Gasteiger partial charge on any atom is 0.282 e. The maximum absolute atomic E-state index is 12.2. The van der Waals surface area contributed by atoms with Crippen LogP contribution in [0.4, 0.5) is 5.69 Å². The molecule has 0 bridgehead atoms. The normalized spacial score (nSPS) is 13.8. The van der Waals surface area contributed by atoms with E-state index in [2.05, 4.69) is 5.32 Å². The van der Waals surface area contributed by atoms with Gasteiger partial charge in [-0.05, 0) is 19.0 Å². The summed E-state index contributed by atoms with van der Waals surface area (Å²) in [4.78, 5) is 35.6. The van der Waals surface area contributed by atoms with Crippen LogP contribution in [0.2, 0.25) is 0 Å². The van der Waals surface area contributed by atoms with Crippen molar-refractivity contribution in [2.24, 2.45) is 0 Å². The van der Waals surface area contributed by atoms with Crippen molar-refractivity contribution in [3.63, 3.8) is 0 Å². The molecule has 0 aromatic heterocycles. The molecule has 0 saturated carbocycles. The molecular weight excluding hydrogens is 262 g/mol. The zero-order valence-electron chi connectivity index (χ0n) is 11.1. The quantitative estimate of drug-likeness (QED) is 0.365. The van der Waals surface area contributed by atoms with Gasteiger partial charge in [0.15, 0.2) is 0 Å². The van der Waals surface area contributed by atoms with Crippen LogP contribution in [0.5, 0.6) is 0 Å². The minimum absolute atomic E-state index is 0.0991. The van der Waals surface area contributed by atoms with Gasteiger partial charge in [0, 0.05) is 19.2 Å². The zero-order valence-corrected chi connectivity index (χ0v) is 11.1. The molecule has 2 amide bonds. The van der Waals surface area contributed by atoms with Crippen molar-refractivity contribution < 1.29 is 14.5 Å². The fraction of sp³-hybridized carbons (Fsp3) is 0.385. The molecule has 7 nitrogen and oxygen atoms in total. The van der Waals surface area contributed by atoms with E-state index in [1.54, 1.807) is 0 Å². The summed E-state index contributed by atoms with van der Waals surface area (Å²) in [7, 11) is 0. The first-order chi connectivity index (χ1) is 9.57. The van der Waals surface area contributed by atoms with Crippen molar-refractivity contribution in [3.05, 3.63) is 39.4 Å². The van der Waals surface area contributed by atoms with Crippen molar-refractivity contribution in [1.82, 2.24) is 10.2 Å². The second-order valence-electron chi connectivity index (χ2n) is 4.47. The monoisotopic (exact) mass is 277 g/mol. The number of nitrogens with one attached hydrogen (secondary N) is 1. The summed E-state index contributed by atoms with van der Waals surface area (Å²) >= 11 is 0. The van der Waals surface area contributed by atoms with Crippen LogP contribution in [0.25, 0.3) is 0 Å². The molecule has 0 aliphatic carbocycles. The number of nitro groups is 1. The molecule has 0 spiro atoms. The number of nitrogens with zero attached hydrogens (tertiary/aromatic N) is 2. The second kappa shape index (κ2) is 5.79. The number of imide groups is 1. The van der Waals surface area contributed by atoms with Gasteiger partial charge in [-0.15, -0.1) is 0 Å². The standard InChI is InChI=1S/C13H15N3O4/c1-2-6-14-7-8-15-12(17)9-4-3-5-10(16(19)20)11(9)13(15)18/h3-5,14H,2,6-8H2,1H3. The molecule has 1 aliphatic rings. The van der Waals surface area contributed by atoms with E-state index < -0.39 is 16.7 Å². The first-order valence-corrected chi connectivity index (χ1v) is 6.42. The number of carbonyl (C=O) groups excluding carboxylic acids is 2. The first-order valence-electron chi connectivity index (χ1n) is 6.42. The summed E-state index contributed by atoms with van der Waals surface area (Å²) in [6.07, 6.45) is 0.952. The van der Waals surface area contributed by atoms with Gasteiger partial charge in [-0.2, -0.15) is 0 Å². The summed E-state index contributed by atoms with van der Waals surface area (Å²) in [5, 5.41) is 14.0. The van der Waals surface area contributed by atoms with Crippen molar-refractivity contribution in [2.45, 2.75) is 13.3 Å². The Balaban J connectivity index is 2.22. The van der Waals surface area contributed by atoms with E-state index in [1.165, 1.54) is 18.2 Å². The van der Waals surface area contributed by atoms with Crippen LogP contribution in [-0.2, 0) is 0 Å². The highest BCUT2D eigenvalue weighted by Crippen LogP contribution is 2.30. The van der Waals surface area contributed by atoms with Crippen molar-refractivity contribution in [3.8, 4) is 0 Å². The molecule has 0 radical (unpaired) electrons. The lowest BCUT2D eigenvalue weighted by Gasteiger charge is -2.13. The van der Waals surface area contributed by atoms with Crippen LogP contribution in [0, 0.1) is 10.1 Å². The van der Waals surface area contributed by atoms with Crippen molar-refractivity contribution in [2.75, 3.05) is 19.6 Å². The Kier molecular flexibility index (Phi) is 4.09. The number of fused-ring (bicyclic) bond motifs is 1. The van der Waals surface area contributed by atoms with Gasteiger partial charge in [-0.1, -0.05) is 13.0 Å². The molecule has 1 aliphatic heterocycles. The number of amides is 2. The Morgan fingerprint density at radius 3 is 2.65 bits per heavy atom. The minimum atomic E-state index is -0.636. The topological polar surface area (TPSA) is 92.6 Å². The average molecular weight is 277 g/mol. The summed E-state index contributed by atoms with van der Waals surface area (Å²) in [5.41, 5.74) is -0.303. The van der Waals surface area contributed by atoms with Crippen LogP contribution in [0.1, 0.15) is 34.1 Å². The molecule has 1 aromatic carbocycles. The third-order valence-electron chi connectivity index (χ3n) is 3.11. The molecule has 2 rings (SSSR count). The van der Waals surface area contributed by atoms with Crippen LogP contribution in [0.3, 0.4) is 0 Å². The van der Waals surface area contributed by atoms with E-state index in [0.717, 1.165) is 17.9 Å². The molecule has 20 heavy (non-hydrogen) atoms. The Morgan fingerprint density at radius 1 is 1.25 bits per heavy atom. The number of hydrogen-bond donors (Lipinski definition) is 1. The molecule has 0 saturated heterocycles. The molecular formula is C13H15N3O4. The highest BCUT2D eigenvalue weighted by molar-refractivity contribution is 6.23. The van der Waals surface area contributed by atoms with E-state index in [1.807, 2.05) is 6.92 Å². The van der Waals surface area contributed by atoms with E-state index in [9.17, 15) is 19.7 Å². The smallest absolute Gasteiger partial charge is 0.282 e. The third kappa shape index (κ3) is 2.39. The van der Waals surface area contributed by atoms with E-state index >= 15 is 0 Å². The molecule has 0 unspecified atom stereocenters. The summed E-state index contributed by atoms with van der Waals surface area (Å²) < 4.78 is 0. The number of hydrogen-bond acceptors (Lipinski definition) is 5. The van der Waals surface area contributed by atoms with Crippen LogP contribution in [-0.4, -0.2) is 41.3 Å². The van der Waals surface area contributed by atoms with Crippen LogP contribution >= 0.6 is 0 Å². The lowest BCUT2D eigenvalue weighted by atomic mass is 10.1. The zero-order chi connectivity index (χ0) is 14.7. The van der Waals surface area contributed by atoms with Gasteiger partial charge in [0.05, 0.1) is 10.5 Å². The van der Waals surface area contributed by atoms with Gasteiger partial charge in [-0.3, -0.25) is 24.6 Å². The van der Waals surface area contributed by atoms with Crippen molar-refractivity contribution in [1.29, 1.82) is 0 Å². The molecule has 1 N–H and O–H groups in total.